The summed E-state index contributed by atoms with van der Waals surface area (Å²) in [5.41, 5.74) is 6.26. The maximum Gasteiger partial charge on any atom is 0.286 e. The highest BCUT2D eigenvalue weighted by Crippen LogP contribution is 2.18. The second-order valence-corrected chi connectivity index (χ2v) is 4.44. The molecule has 3 N–H and O–H groups in total. The fourth-order valence-corrected chi connectivity index (χ4v) is 1.87. The number of amides is 2. The van der Waals surface area contributed by atoms with Gasteiger partial charge in [-0.1, -0.05) is 12.1 Å². The van der Waals surface area contributed by atoms with Crippen LogP contribution in [0.2, 0.25) is 0 Å². The van der Waals surface area contributed by atoms with Crippen molar-refractivity contribution in [3.8, 4) is 11.3 Å². The number of carbonyl (C=O) groups is 2. The Balaban J connectivity index is 1.62. The number of aromatic amines is 1. The maximum absolute atomic E-state index is 11.9. The average molecular weight is 296 g/mol. The van der Waals surface area contributed by atoms with Crippen LogP contribution in [-0.4, -0.2) is 21.8 Å². The van der Waals surface area contributed by atoms with Crippen LogP contribution in [0.3, 0.4) is 0 Å². The van der Waals surface area contributed by atoms with Crippen molar-refractivity contribution >= 4 is 11.8 Å². The standard InChI is InChI=1S/C15H12N4O3/c20-14(18-19-15(21)12-2-1-7-17-12)11-5-3-10(4-6-11)13-8-16-9-22-13/h1-9,17H,(H,18,20)(H,19,21). The smallest absolute Gasteiger partial charge is 0.286 e. The maximum atomic E-state index is 11.9. The average Bonchev–Trinajstić information content (AvgIpc) is 3.25. The summed E-state index contributed by atoms with van der Waals surface area (Å²) in [4.78, 5) is 30.2. The van der Waals surface area contributed by atoms with Gasteiger partial charge in [0.15, 0.2) is 12.2 Å². The number of hydrogen-bond acceptors (Lipinski definition) is 4. The Labute approximate surface area is 125 Å². The lowest BCUT2D eigenvalue weighted by atomic mass is 10.1. The molecule has 0 aliphatic rings. The molecule has 2 amide bonds. The Morgan fingerprint density at radius 3 is 2.45 bits per heavy atom. The van der Waals surface area contributed by atoms with Crippen molar-refractivity contribution in [1.82, 2.24) is 20.8 Å². The molecular weight excluding hydrogens is 284 g/mol. The molecule has 2 aromatic heterocycles. The van der Waals surface area contributed by atoms with Crippen LogP contribution in [0.4, 0.5) is 0 Å². The SMILES string of the molecule is O=C(NNC(=O)c1ccc[nH]1)c1ccc(-c2cnco2)cc1. The Morgan fingerprint density at radius 2 is 1.82 bits per heavy atom. The van der Waals surface area contributed by atoms with Crippen LogP contribution in [0, 0.1) is 0 Å². The van der Waals surface area contributed by atoms with E-state index in [1.807, 2.05) is 0 Å². The van der Waals surface area contributed by atoms with Crippen LogP contribution in [0.15, 0.2) is 59.6 Å². The first-order chi connectivity index (χ1) is 10.7. The molecule has 22 heavy (non-hydrogen) atoms. The van der Waals surface area contributed by atoms with Crippen molar-refractivity contribution in [2.24, 2.45) is 0 Å². The zero-order valence-electron chi connectivity index (χ0n) is 11.4. The quantitative estimate of drug-likeness (QED) is 0.641. The molecule has 0 bridgehead atoms. The first-order valence-corrected chi connectivity index (χ1v) is 6.47. The predicted octanol–water partition coefficient (Wildman–Crippen LogP) is 1.74. The second kappa shape index (κ2) is 5.96. The normalized spacial score (nSPS) is 10.2. The number of hydrazine groups is 1. The molecule has 0 spiro atoms. The number of carbonyl (C=O) groups excluding carboxylic acids is 2. The van der Waals surface area contributed by atoms with E-state index in [1.54, 1.807) is 48.8 Å². The van der Waals surface area contributed by atoms with E-state index in [9.17, 15) is 9.59 Å². The van der Waals surface area contributed by atoms with Gasteiger partial charge in [0.25, 0.3) is 11.8 Å². The summed E-state index contributed by atoms with van der Waals surface area (Å²) in [6.45, 7) is 0. The van der Waals surface area contributed by atoms with Gasteiger partial charge in [-0.3, -0.25) is 20.4 Å². The van der Waals surface area contributed by atoms with Gasteiger partial charge in [0.05, 0.1) is 6.20 Å². The number of nitrogens with zero attached hydrogens (tertiary/aromatic N) is 1. The van der Waals surface area contributed by atoms with E-state index in [1.165, 1.54) is 6.39 Å². The van der Waals surface area contributed by atoms with Gasteiger partial charge in [0.1, 0.15) is 5.69 Å². The van der Waals surface area contributed by atoms with Crippen LogP contribution in [0.5, 0.6) is 0 Å². The van der Waals surface area contributed by atoms with Crippen LogP contribution in [-0.2, 0) is 0 Å². The van der Waals surface area contributed by atoms with Crippen molar-refractivity contribution in [2.75, 3.05) is 0 Å². The third kappa shape index (κ3) is 2.88. The number of H-pyrrole nitrogens is 1. The van der Waals surface area contributed by atoms with Crippen molar-refractivity contribution in [3.63, 3.8) is 0 Å². The Morgan fingerprint density at radius 1 is 1.05 bits per heavy atom. The summed E-state index contributed by atoms with van der Waals surface area (Å²) in [5.74, 6) is -0.215. The third-order valence-corrected chi connectivity index (χ3v) is 3.00. The molecular formula is C15H12N4O3. The lowest BCUT2D eigenvalue weighted by Crippen LogP contribution is -2.41. The van der Waals surface area contributed by atoms with Crippen LogP contribution >= 0.6 is 0 Å². The third-order valence-electron chi connectivity index (χ3n) is 3.00. The molecule has 0 radical (unpaired) electrons. The van der Waals surface area contributed by atoms with E-state index in [2.05, 4.69) is 20.8 Å². The van der Waals surface area contributed by atoms with E-state index in [-0.39, 0.29) is 0 Å². The van der Waals surface area contributed by atoms with Crippen LogP contribution in [0.25, 0.3) is 11.3 Å². The second-order valence-electron chi connectivity index (χ2n) is 4.44. The van der Waals surface area contributed by atoms with Crippen LogP contribution in [0.1, 0.15) is 20.8 Å². The van der Waals surface area contributed by atoms with Gasteiger partial charge < -0.3 is 9.40 Å². The minimum absolute atomic E-state index is 0.362. The van der Waals surface area contributed by atoms with Gasteiger partial charge in [0, 0.05) is 17.3 Å². The number of rotatable bonds is 3. The van der Waals surface area contributed by atoms with Gasteiger partial charge in [-0.2, -0.15) is 0 Å². The molecule has 7 heteroatoms. The molecule has 0 aliphatic carbocycles. The number of hydrogen-bond donors (Lipinski definition) is 3. The van der Waals surface area contributed by atoms with Crippen molar-refractivity contribution in [3.05, 3.63) is 66.4 Å². The monoisotopic (exact) mass is 296 g/mol. The van der Waals surface area contributed by atoms with Crippen molar-refractivity contribution in [1.29, 1.82) is 0 Å². The van der Waals surface area contributed by atoms with Crippen LogP contribution < -0.4 is 10.9 Å². The largest absolute Gasteiger partial charge is 0.444 e. The van der Waals surface area contributed by atoms with Gasteiger partial charge in [0.2, 0.25) is 0 Å². The topological polar surface area (TPSA) is 100 Å². The first kappa shape index (κ1) is 13.6. The van der Waals surface area contributed by atoms with Crippen molar-refractivity contribution in [2.45, 2.75) is 0 Å². The molecule has 110 valence electrons. The molecule has 1 aromatic carbocycles. The molecule has 7 nitrogen and oxygen atoms in total. The molecule has 3 rings (SSSR count). The summed E-state index contributed by atoms with van der Waals surface area (Å²) in [6, 6.07) is 10.0. The van der Waals surface area contributed by atoms with Gasteiger partial charge >= 0.3 is 0 Å². The minimum atomic E-state index is -0.420. The zero-order chi connectivity index (χ0) is 15.4. The molecule has 0 unspecified atom stereocenters. The molecule has 0 atom stereocenters. The van der Waals surface area contributed by atoms with Gasteiger partial charge in [-0.15, -0.1) is 0 Å². The molecule has 0 aliphatic heterocycles. The van der Waals surface area contributed by atoms with E-state index < -0.39 is 11.8 Å². The van der Waals surface area contributed by atoms with Gasteiger partial charge in [-0.25, -0.2) is 4.98 Å². The first-order valence-electron chi connectivity index (χ1n) is 6.47. The van der Waals surface area contributed by atoms with Crippen molar-refractivity contribution < 1.29 is 14.0 Å². The lowest BCUT2D eigenvalue weighted by Gasteiger charge is -2.06. The molecule has 0 saturated carbocycles. The highest BCUT2D eigenvalue weighted by molar-refractivity contribution is 5.98. The summed E-state index contributed by atoms with van der Waals surface area (Å²) >= 11 is 0. The summed E-state index contributed by atoms with van der Waals surface area (Å²) < 4.78 is 5.17. The molecule has 3 aromatic rings. The molecule has 2 heterocycles. The zero-order valence-corrected chi connectivity index (χ0v) is 11.4. The van der Waals surface area contributed by atoms with E-state index in [0.717, 1.165) is 5.56 Å². The summed E-state index contributed by atoms with van der Waals surface area (Å²) in [5, 5.41) is 0. The Kier molecular flexibility index (Phi) is 3.69. The minimum Gasteiger partial charge on any atom is -0.444 e. The summed E-state index contributed by atoms with van der Waals surface area (Å²) in [7, 11) is 0. The number of nitrogens with one attached hydrogen (secondary N) is 3. The number of benzene rings is 1. The van der Waals surface area contributed by atoms with E-state index in [0.29, 0.717) is 17.0 Å². The highest BCUT2D eigenvalue weighted by Gasteiger charge is 2.10. The summed E-state index contributed by atoms with van der Waals surface area (Å²) in [6.07, 6.45) is 4.55. The van der Waals surface area contributed by atoms with Gasteiger partial charge in [-0.05, 0) is 24.3 Å². The Hall–Kier alpha value is -3.35. The van der Waals surface area contributed by atoms with E-state index in [4.69, 9.17) is 4.42 Å². The highest BCUT2D eigenvalue weighted by atomic mass is 16.3. The predicted molar refractivity (Wildman–Crippen MR) is 77.7 cm³/mol. The fraction of sp³-hybridized carbons (Fsp3) is 0. The number of aromatic nitrogens is 2. The number of oxazole rings is 1. The molecule has 0 fully saturated rings. The van der Waals surface area contributed by atoms with E-state index >= 15 is 0 Å². The molecule has 0 saturated heterocycles. The fourth-order valence-electron chi connectivity index (χ4n) is 1.87. The Bertz CT molecular complexity index is 762. The lowest BCUT2D eigenvalue weighted by molar-refractivity contribution is 0.0844.